The number of rotatable bonds is 4. The first-order valence-electron chi connectivity index (χ1n) is 5.15. The SMILES string of the molecule is CNCc1ccc(Sc2ncnn2C)c(Cl)c1. The average Bonchev–Trinajstić information content (AvgIpc) is 2.69. The molecule has 0 aliphatic carbocycles. The second-order valence-electron chi connectivity index (χ2n) is 3.56. The van der Waals surface area contributed by atoms with Gasteiger partial charge in [0.05, 0.1) is 5.02 Å². The lowest BCUT2D eigenvalue weighted by atomic mass is 10.2. The Hall–Kier alpha value is -1.04. The van der Waals surface area contributed by atoms with Crippen LogP contribution in [0.2, 0.25) is 5.02 Å². The highest BCUT2D eigenvalue weighted by atomic mass is 35.5. The molecule has 0 spiro atoms. The average molecular weight is 269 g/mol. The summed E-state index contributed by atoms with van der Waals surface area (Å²) >= 11 is 7.74. The molecule has 0 fully saturated rings. The van der Waals surface area contributed by atoms with Crippen molar-refractivity contribution in [1.29, 1.82) is 0 Å². The fourth-order valence-corrected chi connectivity index (χ4v) is 2.50. The number of benzene rings is 1. The van der Waals surface area contributed by atoms with E-state index in [0.717, 1.165) is 21.6 Å². The summed E-state index contributed by atoms with van der Waals surface area (Å²) in [6.07, 6.45) is 1.53. The molecule has 2 aromatic rings. The lowest BCUT2D eigenvalue weighted by molar-refractivity contribution is 0.685. The molecule has 17 heavy (non-hydrogen) atoms. The van der Waals surface area contributed by atoms with Crippen LogP contribution in [0.5, 0.6) is 0 Å². The summed E-state index contributed by atoms with van der Waals surface area (Å²) in [5, 5.41) is 8.68. The third kappa shape index (κ3) is 3.00. The lowest BCUT2D eigenvalue weighted by Gasteiger charge is -2.06. The molecular formula is C11H13ClN4S. The molecule has 1 heterocycles. The van der Waals surface area contributed by atoms with E-state index in [1.807, 2.05) is 26.2 Å². The minimum atomic E-state index is 0.741. The molecule has 0 unspecified atom stereocenters. The van der Waals surface area contributed by atoms with E-state index in [2.05, 4.69) is 21.5 Å². The van der Waals surface area contributed by atoms with Crippen LogP contribution in [0.15, 0.2) is 34.6 Å². The van der Waals surface area contributed by atoms with Crippen molar-refractivity contribution in [3.8, 4) is 0 Å². The van der Waals surface area contributed by atoms with Gasteiger partial charge >= 0.3 is 0 Å². The van der Waals surface area contributed by atoms with Gasteiger partial charge in [0.25, 0.3) is 0 Å². The Morgan fingerprint density at radius 1 is 1.47 bits per heavy atom. The van der Waals surface area contributed by atoms with Gasteiger partial charge in [-0.05, 0) is 36.5 Å². The van der Waals surface area contributed by atoms with E-state index in [9.17, 15) is 0 Å². The van der Waals surface area contributed by atoms with Crippen LogP contribution < -0.4 is 5.32 Å². The zero-order valence-corrected chi connectivity index (χ0v) is 11.2. The van der Waals surface area contributed by atoms with Crippen molar-refractivity contribution in [3.63, 3.8) is 0 Å². The Kier molecular flexibility index (Phi) is 4.04. The molecule has 6 heteroatoms. The minimum Gasteiger partial charge on any atom is -0.316 e. The van der Waals surface area contributed by atoms with Gasteiger partial charge in [0.1, 0.15) is 6.33 Å². The first-order valence-corrected chi connectivity index (χ1v) is 6.35. The van der Waals surface area contributed by atoms with Crippen LogP contribution in [-0.2, 0) is 13.6 Å². The topological polar surface area (TPSA) is 42.7 Å². The second kappa shape index (κ2) is 5.53. The first kappa shape index (κ1) is 12.4. The molecule has 0 radical (unpaired) electrons. The largest absolute Gasteiger partial charge is 0.316 e. The summed E-state index contributed by atoms with van der Waals surface area (Å²) in [6.45, 7) is 0.814. The van der Waals surface area contributed by atoms with Gasteiger partial charge in [0.2, 0.25) is 0 Å². The van der Waals surface area contributed by atoms with Crippen LogP contribution in [0.1, 0.15) is 5.56 Å². The van der Waals surface area contributed by atoms with Gasteiger partial charge in [-0.1, -0.05) is 17.7 Å². The smallest absolute Gasteiger partial charge is 0.190 e. The second-order valence-corrected chi connectivity index (χ2v) is 4.98. The van der Waals surface area contributed by atoms with E-state index in [0.29, 0.717) is 0 Å². The van der Waals surface area contributed by atoms with Crippen LogP contribution in [0, 0.1) is 0 Å². The number of nitrogens with one attached hydrogen (secondary N) is 1. The maximum Gasteiger partial charge on any atom is 0.190 e. The van der Waals surface area contributed by atoms with Crippen molar-refractivity contribution in [2.75, 3.05) is 7.05 Å². The number of halogens is 1. The van der Waals surface area contributed by atoms with Crippen LogP contribution in [0.4, 0.5) is 0 Å². The van der Waals surface area contributed by atoms with Gasteiger partial charge in [-0.25, -0.2) is 9.67 Å². The third-order valence-electron chi connectivity index (χ3n) is 2.25. The molecule has 0 amide bonds. The predicted molar refractivity (Wildman–Crippen MR) is 69.3 cm³/mol. The highest BCUT2D eigenvalue weighted by molar-refractivity contribution is 7.99. The number of nitrogens with zero attached hydrogens (tertiary/aromatic N) is 3. The van der Waals surface area contributed by atoms with E-state index in [4.69, 9.17) is 11.6 Å². The quantitative estimate of drug-likeness (QED) is 0.924. The van der Waals surface area contributed by atoms with Gasteiger partial charge in [0, 0.05) is 18.5 Å². The van der Waals surface area contributed by atoms with Crippen molar-refractivity contribution in [2.45, 2.75) is 16.6 Å². The Bertz CT molecular complexity index is 512. The summed E-state index contributed by atoms with van der Waals surface area (Å²) in [5.41, 5.74) is 1.17. The standard InChI is InChI=1S/C11H13ClN4S/c1-13-6-8-3-4-10(9(12)5-8)17-11-14-7-15-16(11)2/h3-5,7,13H,6H2,1-2H3. The van der Waals surface area contributed by atoms with E-state index >= 15 is 0 Å². The molecule has 1 aromatic heterocycles. The van der Waals surface area contributed by atoms with Crippen LogP contribution in [0.3, 0.4) is 0 Å². The van der Waals surface area contributed by atoms with Gasteiger partial charge in [-0.3, -0.25) is 0 Å². The van der Waals surface area contributed by atoms with E-state index in [1.54, 1.807) is 4.68 Å². The fourth-order valence-electron chi connectivity index (χ4n) is 1.42. The lowest BCUT2D eigenvalue weighted by Crippen LogP contribution is -2.04. The van der Waals surface area contributed by atoms with E-state index in [1.165, 1.54) is 23.7 Å². The Morgan fingerprint density at radius 2 is 2.29 bits per heavy atom. The first-order chi connectivity index (χ1) is 8.20. The maximum atomic E-state index is 6.23. The van der Waals surface area contributed by atoms with E-state index < -0.39 is 0 Å². The maximum absolute atomic E-state index is 6.23. The number of hydrogen-bond acceptors (Lipinski definition) is 4. The molecule has 1 N–H and O–H groups in total. The molecular weight excluding hydrogens is 256 g/mol. The van der Waals surface area contributed by atoms with Gasteiger partial charge in [-0.2, -0.15) is 5.10 Å². The fraction of sp³-hybridized carbons (Fsp3) is 0.273. The predicted octanol–water partition coefficient (Wildman–Crippen LogP) is 2.34. The van der Waals surface area contributed by atoms with Gasteiger partial charge in [-0.15, -0.1) is 0 Å². The van der Waals surface area contributed by atoms with Crippen LogP contribution in [-0.4, -0.2) is 21.8 Å². The number of hydrogen-bond donors (Lipinski definition) is 1. The molecule has 2 rings (SSSR count). The molecule has 0 saturated heterocycles. The van der Waals surface area contributed by atoms with Crippen molar-refractivity contribution in [2.24, 2.45) is 7.05 Å². The number of aryl methyl sites for hydroxylation is 1. The van der Waals surface area contributed by atoms with Crippen LogP contribution >= 0.6 is 23.4 Å². The molecule has 0 aliphatic heterocycles. The summed E-state index contributed by atoms with van der Waals surface area (Å²) in [7, 11) is 3.77. The highest BCUT2D eigenvalue weighted by Gasteiger charge is 2.07. The summed E-state index contributed by atoms with van der Waals surface area (Å²) in [6, 6.07) is 6.03. The Balaban J connectivity index is 2.19. The normalized spacial score (nSPS) is 10.8. The summed E-state index contributed by atoms with van der Waals surface area (Å²) < 4.78 is 1.72. The van der Waals surface area contributed by atoms with Crippen LogP contribution in [0.25, 0.3) is 0 Å². The molecule has 0 atom stereocenters. The number of aromatic nitrogens is 3. The van der Waals surface area contributed by atoms with Crippen molar-refractivity contribution < 1.29 is 0 Å². The molecule has 90 valence electrons. The zero-order valence-electron chi connectivity index (χ0n) is 9.64. The molecule has 1 aromatic carbocycles. The highest BCUT2D eigenvalue weighted by Crippen LogP contribution is 2.32. The van der Waals surface area contributed by atoms with Crippen molar-refractivity contribution in [1.82, 2.24) is 20.1 Å². The molecule has 0 aliphatic rings. The third-order valence-corrected chi connectivity index (χ3v) is 3.80. The molecule has 0 bridgehead atoms. The Morgan fingerprint density at radius 3 is 2.88 bits per heavy atom. The Labute approximate surface area is 109 Å². The summed E-state index contributed by atoms with van der Waals surface area (Å²) in [5.74, 6) is 0. The van der Waals surface area contributed by atoms with E-state index in [-0.39, 0.29) is 0 Å². The van der Waals surface area contributed by atoms with Crippen molar-refractivity contribution in [3.05, 3.63) is 35.1 Å². The van der Waals surface area contributed by atoms with Gasteiger partial charge in [0.15, 0.2) is 5.16 Å². The van der Waals surface area contributed by atoms with Crippen molar-refractivity contribution >= 4 is 23.4 Å². The van der Waals surface area contributed by atoms with Gasteiger partial charge < -0.3 is 5.32 Å². The molecule has 4 nitrogen and oxygen atoms in total. The monoisotopic (exact) mass is 268 g/mol. The minimum absolute atomic E-state index is 0.741. The molecule has 0 saturated carbocycles. The zero-order chi connectivity index (χ0) is 12.3. The summed E-state index contributed by atoms with van der Waals surface area (Å²) in [4.78, 5) is 5.14.